The topological polar surface area (TPSA) is 102 Å². The lowest BCUT2D eigenvalue weighted by Crippen LogP contribution is -2.21. The van der Waals surface area contributed by atoms with Crippen molar-refractivity contribution in [3.8, 4) is 11.5 Å². The van der Waals surface area contributed by atoms with Crippen LogP contribution in [0.25, 0.3) is 0 Å². The van der Waals surface area contributed by atoms with Crippen LogP contribution in [0.1, 0.15) is 6.42 Å². The highest BCUT2D eigenvalue weighted by Crippen LogP contribution is 2.35. The third-order valence-electron chi connectivity index (χ3n) is 3.90. The molecule has 0 saturated carbocycles. The predicted molar refractivity (Wildman–Crippen MR) is 88.6 cm³/mol. The molecular weight excluding hydrogens is 332 g/mol. The van der Waals surface area contributed by atoms with E-state index in [0.29, 0.717) is 29.6 Å². The quantitative estimate of drug-likeness (QED) is 0.858. The molecule has 0 spiro atoms. The Morgan fingerprint density at radius 1 is 1.08 bits per heavy atom. The number of hydrogen-bond acceptors (Lipinski definition) is 8. The summed E-state index contributed by atoms with van der Waals surface area (Å²) in [5, 5.41) is 6.32. The molecule has 1 aromatic carbocycles. The van der Waals surface area contributed by atoms with Crippen LogP contribution in [-0.2, 0) is 9.84 Å². The van der Waals surface area contributed by atoms with Crippen LogP contribution in [0, 0.1) is 0 Å². The average Bonchev–Trinajstić information content (AvgIpc) is 3.13. The first-order valence-corrected chi connectivity index (χ1v) is 9.35. The molecule has 2 aliphatic heterocycles. The molecule has 0 bridgehead atoms. The molecule has 1 unspecified atom stereocenters. The standard InChI is InChI=1S/C15H16N4O4S/c20-24(21)4-3-11(7-24)19-15-6-14(16-8-17-15)18-10-1-2-12-13(5-10)23-9-22-12/h1-2,5-6,8,11H,3-4,7,9H2,(H2,16,17,18,19). The normalized spacial score (nSPS) is 20.8. The van der Waals surface area contributed by atoms with Crippen LogP contribution in [0.3, 0.4) is 0 Å². The maximum absolute atomic E-state index is 11.5. The highest BCUT2D eigenvalue weighted by atomic mass is 32.2. The van der Waals surface area contributed by atoms with Gasteiger partial charge in [0.05, 0.1) is 11.5 Å². The smallest absolute Gasteiger partial charge is 0.231 e. The lowest BCUT2D eigenvalue weighted by atomic mass is 10.2. The van der Waals surface area contributed by atoms with E-state index in [0.717, 1.165) is 5.69 Å². The van der Waals surface area contributed by atoms with Crippen LogP contribution in [0.15, 0.2) is 30.6 Å². The highest BCUT2D eigenvalue weighted by Gasteiger charge is 2.27. The van der Waals surface area contributed by atoms with E-state index >= 15 is 0 Å². The molecule has 1 fully saturated rings. The fraction of sp³-hybridized carbons (Fsp3) is 0.333. The summed E-state index contributed by atoms with van der Waals surface area (Å²) in [4.78, 5) is 8.33. The first-order chi connectivity index (χ1) is 11.6. The Kier molecular flexibility index (Phi) is 3.64. The van der Waals surface area contributed by atoms with E-state index in [1.54, 1.807) is 6.07 Å². The first-order valence-electron chi connectivity index (χ1n) is 7.53. The molecule has 0 amide bonds. The number of sulfone groups is 1. The predicted octanol–water partition coefficient (Wildman–Crippen LogP) is 1.55. The first kappa shape index (κ1) is 15.0. The number of ether oxygens (including phenoxy) is 2. The van der Waals surface area contributed by atoms with Crippen molar-refractivity contribution in [2.75, 3.05) is 28.9 Å². The van der Waals surface area contributed by atoms with Gasteiger partial charge in [-0.25, -0.2) is 18.4 Å². The minimum absolute atomic E-state index is 0.108. The summed E-state index contributed by atoms with van der Waals surface area (Å²) in [6.07, 6.45) is 2.03. The van der Waals surface area contributed by atoms with Gasteiger partial charge in [0.1, 0.15) is 18.0 Å². The lowest BCUT2D eigenvalue weighted by Gasteiger charge is -2.12. The van der Waals surface area contributed by atoms with E-state index < -0.39 is 9.84 Å². The van der Waals surface area contributed by atoms with Crippen molar-refractivity contribution in [1.29, 1.82) is 0 Å². The molecule has 3 heterocycles. The minimum atomic E-state index is -2.93. The number of hydrogen-bond donors (Lipinski definition) is 2. The van der Waals surface area contributed by atoms with E-state index in [2.05, 4.69) is 20.6 Å². The van der Waals surface area contributed by atoms with Gasteiger partial charge in [-0.15, -0.1) is 0 Å². The molecular formula is C15H16N4O4S. The van der Waals surface area contributed by atoms with Gasteiger partial charge in [-0.1, -0.05) is 0 Å². The van der Waals surface area contributed by atoms with Crippen molar-refractivity contribution in [1.82, 2.24) is 9.97 Å². The van der Waals surface area contributed by atoms with Gasteiger partial charge >= 0.3 is 0 Å². The fourth-order valence-corrected chi connectivity index (χ4v) is 4.42. The maximum atomic E-state index is 11.5. The van der Waals surface area contributed by atoms with Gasteiger partial charge in [-0.3, -0.25) is 0 Å². The summed E-state index contributed by atoms with van der Waals surface area (Å²) in [5.41, 5.74) is 0.812. The Bertz CT molecular complexity index is 872. The van der Waals surface area contributed by atoms with E-state index in [1.807, 2.05) is 18.2 Å². The number of rotatable bonds is 4. The van der Waals surface area contributed by atoms with E-state index in [9.17, 15) is 8.42 Å². The van der Waals surface area contributed by atoms with Gasteiger partial charge in [0.25, 0.3) is 0 Å². The van der Waals surface area contributed by atoms with E-state index in [1.165, 1.54) is 6.33 Å². The fourth-order valence-electron chi connectivity index (χ4n) is 2.74. The Morgan fingerprint density at radius 2 is 1.92 bits per heavy atom. The zero-order valence-electron chi connectivity index (χ0n) is 12.7. The molecule has 9 heteroatoms. The van der Waals surface area contributed by atoms with Crippen molar-refractivity contribution in [2.45, 2.75) is 12.5 Å². The minimum Gasteiger partial charge on any atom is -0.454 e. The summed E-state index contributed by atoms with van der Waals surface area (Å²) >= 11 is 0. The Morgan fingerprint density at radius 3 is 2.75 bits per heavy atom. The van der Waals surface area contributed by atoms with Crippen LogP contribution < -0.4 is 20.1 Å². The second kappa shape index (κ2) is 5.82. The molecule has 4 rings (SSSR count). The molecule has 0 aliphatic carbocycles. The number of anilines is 3. The molecule has 1 saturated heterocycles. The van der Waals surface area contributed by atoms with Gasteiger partial charge in [0, 0.05) is 23.9 Å². The summed E-state index contributed by atoms with van der Waals surface area (Å²) < 4.78 is 33.7. The highest BCUT2D eigenvalue weighted by molar-refractivity contribution is 7.91. The third-order valence-corrected chi connectivity index (χ3v) is 5.66. The Labute approximate surface area is 139 Å². The SMILES string of the molecule is O=S1(=O)CCC(Nc2cc(Nc3ccc4c(c3)OCO4)ncn2)C1. The number of fused-ring (bicyclic) bond motifs is 1. The van der Waals surface area contributed by atoms with Crippen molar-refractivity contribution in [2.24, 2.45) is 0 Å². The zero-order chi connectivity index (χ0) is 16.6. The summed E-state index contributed by atoms with van der Waals surface area (Å²) in [5.74, 6) is 2.96. The number of nitrogens with zero attached hydrogens (tertiary/aromatic N) is 2. The lowest BCUT2D eigenvalue weighted by molar-refractivity contribution is 0.174. The van der Waals surface area contributed by atoms with Gasteiger partial charge < -0.3 is 20.1 Å². The van der Waals surface area contributed by atoms with Crippen LogP contribution >= 0.6 is 0 Å². The molecule has 1 aromatic heterocycles. The van der Waals surface area contributed by atoms with Crippen LogP contribution in [0.4, 0.5) is 17.3 Å². The number of benzene rings is 1. The Hall–Kier alpha value is -2.55. The number of nitrogens with one attached hydrogen (secondary N) is 2. The van der Waals surface area contributed by atoms with Gasteiger partial charge in [0.15, 0.2) is 21.3 Å². The summed E-state index contributed by atoms with van der Waals surface area (Å²) in [6, 6.07) is 7.17. The van der Waals surface area contributed by atoms with Gasteiger partial charge in [-0.05, 0) is 18.6 Å². The van der Waals surface area contributed by atoms with Crippen LogP contribution in [0.2, 0.25) is 0 Å². The van der Waals surface area contributed by atoms with Crippen molar-refractivity contribution in [3.05, 3.63) is 30.6 Å². The molecule has 1 atom stereocenters. The second-order valence-corrected chi connectivity index (χ2v) is 7.95. The van der Waals surface area contributed by atoms with Crippen LogP contribution in [0.5, 0.6) is 11.5 Å². The number of aromatic nitrogens is 2. The van der Waals surface area contributed by atoms with E-state index in [-0.39, 0.29) is 24.3 Å². The summed E-state index contributed by atoms with van der Waals surface area (Å²) in [6.45, 7) is 0.227. The largest absolute Gasteiger partial charge is 0.454 e. The summed E-state index contributed by atoms with van der Waals surface area (Å²) in [7, 11) is -2.93. The molecule has 8 nitrogen and oxygen atoms in total. The third kappa shape index (κ3) is 3.21. The average molecular weight is 348 g/mol. The molecule has 2 aromatic rings. The monoisotopic (exact) mass is 348 g/mol. The van der Waals surface area contributed by atoms with Crippen LogP contribution in [-0.4, -0.2) is 42.7 Å². The van der Waals surface area contributed by atoms with Gasteiger partial charge in [0.2, 0.25) is 6.79 Å². The Balaban J connectivity index is 1.47. The molecule has 2 aliphatic rings. The molecule has 24 heavy (non-hydrogen) atoms. The molecule has 2 N–H and O–H groups in total. The maximum Gasteiger partial charge on any atom is 0.231 e. The van der Waals surface area contributed by atoms with Crippen molar-refractivity contribution >= 4 is 27.2 Å². The van der Waals surface area contributed by atoms with Crippen molar-refractivity contribution < 1.29 is 17.9 Å². The molecule has 0 radical (unpaired) electrons. The zero-order valence-corrected chi connectivity index (χ0v) is 13.5. The molecule has 126 valence electrons. The second-order valence-electron chi connectivity index (χ2n) is 5.73. The van der Waals surface area contributed by atoms with Gasteiger partial charge in [-0.2, -0.15) is 0 Å². The van der Waals surface area contributed by atoms with E-state index in [4.69, 9.17) is 9.47 Å². The van der Waals surface area contributed by atoms with Crippen molar-refractivity contribution in [3.63, 3.8) is 0 Å².